The second-order valence-electron chi connectivity index (χ2n) is 3.96. The van der Waals surface area contributed by atoms with E-state index in [9.17, 15) is 4.79 Å². The van der Waals surface area contributed by atoms with E-state index in [1.54, 1.807) is 6.07 Å². The summed E-state index contributed by atoms with van der Waals surface area (Å²) in [5.41, 5.74) is 3.48. The summed E-state index contributed by atoms with van der Waals surface area (Å²) in [5, 5.41) is 0. The van der Waals surface area contributed by atoms with Gasteiger partial charge in [-0.1, -0.05) is 68.3 Å². The number of benzene rings is 2. The van der Waals surface area contributed by atoms with Crippen LogP contribution in [-0.2, 0) is 4.74 Å². The molecule has 2 nitrogen and oxygen atoms in total. The lowest BCUT2D eigenvalue weighted by atomic mass is 9.98. The summed E-state index contributed by atoms with van der Waals surface area (Å²) in [4.78, 5) is 11.8. The van der Waals surface area contributed by atoms with E-state index in [0.717, 1.165) is 16.7 Å². The van der Waals surface area contributed by atoms with E-state index in [1.807, 2.05) is 42.5 Å². The van der Waals surface area contributed by atoms with Crippen LogP contribution in [0, 0.1) is 0 Å². The number of hydrogen-bond donors (Lipinski definition) is 0. The lowest BCUT2D eigenvalue weighted by Crippen LogP contribution is -2.04. The summed E-state index contributed by atoms with van der Waals surface area (Å²) in [5.74, 6) is -0.328. The van der Waals surface area contributed by atoms with Gasteiger partial charge in [0.15, 0.2) is 0 Å². The fraction of sp³-hybridized carbons (Fsp3) is 0.133. The van der Waals surface area contributed by atoms with Gasteiger partial charge in [0.1, 0.15) is 0 Å². The van der Waals surface area contributed by atoms with Crippen LogP contribution >= 0.6 is 31.9 Å². The van der Waals surface area contributed by atoms with Gasteiger partial charge in [0.25, 0.3) is 0 Å². The molecule has 0 aliphatic carbocycles. The summed E-state index contributed by atoms with van der Waals surface area (Å²) < 4.78 is 4.89. The maximum absolute atomic E-state index is 11.8. The van der Waals surface area contributed by atoms with Crippen molar-refractivity contribution in [1.29, 1.82) is 0 Å². The standard InChI is InChI=1S/C15H12Br2O2/c1-19-15(18)12-8-7-11(14(16)17)9-13(12)10-5-3-2-4-6-10/h2-9,14H,1H3. The molecule has 2 aromatic carbocycles. The molecule has 98 valence electrons. The summed E-state index contributed by atoms with van der Waals surface area (Å²) >= 11 is 6.94. The maximum Gasteiger partial charge on any atom is 0.338 e. The molecular formula is C15H12Br2O2. The summed E-state index contributed by atoms with van der Waals surface area (Å²) in [7, 11) is 1.39. The van der Waals surface area contributed by atoms with Gasteiger partial charge in [-0.15, -0.1) is 0 Å². The SMILES string of the molecule is COC(=O)c1ccc(C(Br)Br)cc1-c1ccccc1. The summed E-state index contributed by atoms with van der Waals surface area (Å²) in [6.07, 6.45) is 0. The second kappa shape index (κ2) is 6.35. The zero-order valence-electron chi connectivity index (χ0n) is 10.3. The first-order valence-electron chi connectivity index (χ1n) is 5.69. The fourth-order valence-corrected chi connectivity index (χ4v) is 2.41. The number of esters is 1. The summed E-state index contributed by atoms with van der Waals surface area (Å²) in [6, 6.07) is 15.5. The van der Waals surface area contributed by atoms with Crippen LogP contribution in [-0.4, -0.2) is 13.1 Å². The van der Waals surface area contributed by atoms with E-state index in [0.29, 0.717) is 5.56 Å². The largest absolute Gasteiger partial charge is 0.465 e. The van der Waals surface area contributed by atoms with Crippen molar-refractivity contribution in [2.24, 2.45) is 0 Å². The third-order valence-corrected chi connectivity index (χ3v) is 3.84. The number of hydrogen-bond acceptors (Lipinski definition) is 2. The van der Waals surface area contributed by atoms with E-state index in [2.05, 4.69) is 31.9 Å². The van der Waals surface area contributed by atoms with Crippen LogP contribution in [0.15, 0.2) is 48.5 Å². The highest BCUT2D eigenvalue weighted by Crippen LogP contribution is 2.34. The molecule has 0 N–H and O–H groups in total. The van der Waals surface area contributed by atoms with Gasteiger partial charge in [-0.3, -0.25) is 0 Å². The molecule has 0 spiro atoms. The van der Waals surface area contributed by atoms with Crippen molar-refractivity contribution in [3.05, 3.63) is 59.7 Å². The molecule has 2 rings (SSSR count). The number of ether oxygens (including phenoxy) is 1. The molecule has 0 amide bonds. The molecule has 0 unspecified atom stereocenters. The monoisotopic (exact) mass is 382 g/mol. The van der Waals surface area contributed by atoms with Crippen molar-refractivity contribution in [1.82, 2.24) is 0 Å². The van der Waals surface area contributed by atoms with Gasteiger partial charge in [-0.2, -0.15) is 0 Å². The predicted molar refractivity (Wildman–Crippen MR) is 83.8 cm³/mol. The van der Waals surface area contributed by atoms with Crippen LogP contribution < -0.4 is 0 Å². The average Bonchev–Trinajstić information content (AvgIpc) is 2.46. The van der Waals surface area contributed by atoms with Gasteiger partial charge in [0, 0.05) is 0 Å². The first-order chi connectivity index (χ1) is 9.13. The van der Waals surface area contributed by atoms with Crippen LogP contribution in [0.4, 0.5) is 0 Å². The third kappa shape index (κ3) is 3.25. The molecule has 0 radical (unpaired) electrons. The zero-order chi connectivity index (χ0) is 13.8. The highest BCUT2D eigenvalue weighted by atomic mass is 79.9. The molecule has 0 bridgehead atoms. The molecule has 4 heteroatoms. The second-order valence-corrected chi connectivity index (χ2v) is 7.02. The molecule has 2 aromatic rings. The van der Waals surface area contributed by atoms with E-state index in [4.69, 9.17) is 4.74 Å². The smallest absolute Gasteiger partial charge is 0.338 e. The topological polar surface area (TPSA) is 26.3 Å². The number of alkyl halides is 2. The Morgan fingerprint density at radius 3 is 2.37 bits per heavy atom. The molecule has 0 aliphatic rings. The summed E-state index contributed by atoms with van der Waals surface area (Å²) in [6.45, 7) is 0. The number of rotatable bonds is 3. The zero-order valence-corrected chi connectivity index (χ0v) is 13.4. The van der Waals surface area contributed by atoms with E-state index in [1.165, 1.54) is 7.11 Å². The molecular weight excluding hydrogens is 372 g/mol. The minimum absolute atomic E-state index is 0.0501. The van der Waals surface area contributed by atoms with Gasteiger partial charge in [-0.05, 0) is 28.8 Å². The molecule has 0 saturated carbocycles. The molecule has 0 aliphatic heterocycles. The number of halogens is 2. The highest BCUT2D eigenvalue weighted by molar-refractivity contribution is 9.24. The van der Waals surface area contributed by atoms with E-state index >= 15 is 0 Å². The predicted octanol–water partition coefficient (Wildman–Crippen LogP) is 4.93. The van der Waals surface area contributed by atoms with E-state index in [-0.39, 0.29) is 9.71 Å². The minimum Gasteiger partial charge on any atom is -0.465 e. The van der Waals surface area contributed by atoms with Crippen molar-refractivity contribution in [3.8, 4) is 11.1 Å². The molecule has 19 heavy (non-hydrogen) atoms. The van der Waals surface area contributed by atoms with E-state index < -0.39 is 0 Å². The Morgan fingerprint density at radius 1 is 1.11 bits per heavy atom. The molecule has 0 atom stereocenters. The lowest BCUT2D eigenvalue weighted by molar-refractivity contribution is 0.0601. The van der Waals surface area contributed by atoms with Gasteiger partial charge in [0.05, 0.1) is 16.4 Å². The van der Waals surface area contributed by atoms with Crippen LogP contribution in [0.1, 0.15) is 19.7 Å². The molecule has 0 fully saturated rings. The van der Waals surface area contributed by atoms with Crippen molar-refractivity contribution < 1.29 is 9.53 Å². The van der Waals surface area contributed by atoms with Crippen molar-refractivity contribution in [2.45, 2.75) is 3.74 Å². The van der Waals surface area contributed by atoms with Crippen molar-refractivity contribution in [2.75, 3.05) is 7.11 Å². The number of methoxy groups -OCH3 is 1. The lowest BCUT2D eigenvalue weighted by Gasteiger charge is -2.11. The Balaban J connectivity index is 2.60. The Bertz CT molecular complexity index is 580. The number of carbonyl (C=O) groups is 1. The average molecular weight is 384 g/mol. The highest BCUT2D eigenvalue weighted by Gasteiger charge is 2.15. The maximum atomic E-state index is 11.8. The third-order valence-electron chi connectivity index (χ3n) is 2.79. The van der Waals surface area contributed by atoms with Crippen LogP contribution in [0.25, 0.3) is 11.1 Å². The van der Waals surface area contributed by atoms with Crippen LogP contribution in [0.3, 0.4) is 0 Å². The fourth-order valence-electron chi connectivity index (χ4n) is 1.84. The molecule has 0 aromatic heterocycles. The normalized spacial score (nSPS) is 10.5. The quantitative estimate of drug-likeness (QED) is 0.554. The van der Waals surface area contributed by atoms with Crippen molar-refractivity contribution >= 4 is 37.8 Å². The van der Waals surface area contributed by atoms with Crippen molar-refractivity contribution in [3.63, 3.8) is 0 Å². The Morgan fingerprint density at radius 2 is 1.79 bits per heavy atom. The molecule has 0 saturated heterocycles. The molecule has 0 heterocycles. The van der Waals surface area contributed by atoms with Gasteiger partial charge in [-0.25, -0.2) is 4.79 Å². The minimum atomic E-state index is -0.328. The van der Waals surface area contributed by atoms with Gasteiger partial charge < -0.3 is 4.74 Å². The van der Waals surface area contributed by atoms with Crippen LogP contribution in [0.5, 0.6) is 0 Å². The van der Waals surface area contributed by atoms with Gasteiger partial charge in [0.2, 0.25) is 0 Å². The first-order valence-corrected chi connectivity index (χ1v) is 7.52. The first kappa shape index (κ1) is 14.3. The number of carbonyl (C=O) groups excluding carboxylic acids is 1. The van der Waals surface area contributed by atoms with Crippen LogP contribution in [0.2, 0.25) is 0 Å². The Kier molecular flexibility index (Phi) is 4.77. The Labute approximate surface area is 129 Å². The van der Waals surface area contributed by atoms with Gasteiger partial charge >= 0.3 is 5.97 Å². The Hall–Kier alpha value is -1.13.